The zero-order valence-corrected chi connectivity index (χ0v) is 12.8. The molecule has 2 atom stereocenters. The fourth-order valence-electron chi connectivity index (χ4n) is 3.31. The van der Waals surface area contributed by atoms with Crippen molar-refractivity contribution in [1.82, 2.24) is 10.3 Å². The van der Waals surface area contributed by atoms with Crippen molar-refractivity contribution in [2.24, 2.45) is 5.41 Å². The van der Waals surface area contributed by atoms with Gasteiger partial charge in [-0.2, -0.15) is 0 Å². The number of carbonyl (C=O) groups excluding carboxylic acids is 1. The Bertz CT molecular complexity index is 770. The van der Waals surface area contributed by atoms with Gasteiger partial charge in [-0.15, -0.1) is 0 Å². The minimum absolute atomic E-state index is 0.0251. The highest BCUT2D eigenvalue weighted by molar-refractivity contribution is 6.07. The molecule has 7 heteroatoms. The molecule has 0 radical (unpaired) electrons. The van der Waals surface area contributed by atoms with E-state index in [4.69, 9.17) is 0 Å². The molecule has 7 nitrogen and oxygen atoms in total. The van der Waals surface area contributed by atoms with Crippen molar-refractivity contribution < 1.29 is 14.8 Å². The van der Waals surface area contributed by atoms with Crippen LogP contribution in [-0.4, -0.2) is 33.6 Å². The molecule has 3 N–H and O–H groups in total. The van der Waals surface area contributed by atoms with E-state index >= 15 is 0 Å². The summed E-state index contributed by atoms with van der Waals surface area (Å²) in [5.41, 5.74) is 0.702. The van der Waals surface area contributed by atoms with Crippen LogP contribution in [0.1, 0.15) is 36.5 Å². The number of nitro groups is 1. The third-order valence-corrected chi connectivity index (χ3v) is 4.87. The number of aromatic amines is 1. The van der Waals surface area contributed by atoms with Crippen molar-refractivity contribution in [2.45, 2.75) is 32.2 Å². The number of fused-ring (bicyclic) bond motifs is 1. The lowest BCUT2D eigenvalue weighted by atomic mass is 9.85. The molecule has 1 heterocycles. The molecule has 1 aromatic carbocycles. The molecule has 23 heavy (non-hydrogen) atoms. The second-order valence-corrected chi connectivity index (χ2v) is 6.42. The normalized spacial score (nSPS) is 24.0. The van der Waals surface area contributed by atoms with Crippen molar-refractivity contribution in [3.63, 3.8) is 0 Å². The lowest BCUT2D eigenvalue weighted by Gasteiger charge is -2.30. The van der Waals surface area contributed by atoms with Crippen LogP contribution in [0.5, 0.6) is 0 Å². The minimum Gasteiger partial charge on any atom is -0.396 e. The van der Waals surface area contributed by atoms with Gasteiger partial charge in [0.15, 0.2) is 0 Å². The van der Waals surface area contributed by atoms with Gasteiger partial charge in [-0.05, 0) is 18.9 Å². The lowest BCUT2D eigenvalue weighted by Crippen LogP contribution is -2.44. The van der Waals surface area contributed by atoms with Crippen LogP contribution in [0, 0.1) is 15.5 Å². The minimum atomic E-state index is -0.478. The Kier molecular flexibility index (Phi) is 3.81. The third kappa shape index (κ3) is 2.68. The highest BCUT2D eigenvalue weighted by atomic mass is 16.6. The number of H-pyrrole nitrogens is 1. The van der Waals surface area contributed by atoms with Crippen LogP contribution in [0.4, 0.5) is 5.69 Å². The molecular formula is C16H19N3O4. The Hall–Kier alpha value is -2.41. The predicted octanol–water partition coefficient (Wildman–Crippen LogP) is 2.36. The standard InChI is InChI=1S/C16H19N3O4/c1-16(9-20)6-2-3-14(16)18-15(21)12-8-17-13-5-4-10(19(22)23)7-11(12)13/h4-5,7-8,14,17,20H,2-3,6,9H2,1H3,(H,18,21). The summed E-state index contributed by atoms with van der Waals surface area (Å²) >= 11 is 0. The Labute approximate surface area is 132 Å². The highest BCUT2D eigenvalue weighted by Crippen LogP contribution is 2.37. The maximum absolute atomic E-state index is 12.6. The molecule has 1 saturated carbocycles. The SMILES string of the molecule is CC1(CO)CCCC1NC(=O)c1c[nH]c2ccc([N+](=O)[O-])cc12. The van der Waals surface area contributed by atoms with Gasteiger partial charge in [0, 0.05) is 40.7 Å². The fraction of sp³-hybridized carbons (Fsp3) is 0.438. The highest BCUT2D eigenvalue weighted by Gasteiger charge is 2.39. The van der Waals surface area contributed by atoms with Gasteiger partial charge in [0.25, 0.3) is 11.6 Å². The quantitative estimate of drug-likeness (QED) is 0.594. The van der Waals surface area contributed by atoms with E-state index < -0.39 is 4.92 Å². The summed E-state index contributed by atoms with van der Waals surface area (Å²) in [4.78, 5) is 26.0. The fourth-order valence-corrected chi connectivity index (χ4v) is 3.31. The number of nitrogens with one attached hydrogen (secondary N) is 2. The molecule has 0 bridgehead atoms. The number of aliphatic hydroxyl groups is 1. The van der Waals surface area contributed by atoms with E-state index in [0.717, 1.165) is 19.3 Å². The van der Waals surface area contributed by atoms with Gasteiger partial charge in [-0.1, -0.05) is 13.3 Å². The lowest BCUT2D eigenvalue weighted by molar-refractivity contribution is -0.384. The molecule has 0 saturated heterocycles. The Morgan fingerprint density at radius 1 is 1.57 bits per heavy atom. The molecule has 3 rings (SSSR count). The number of rotatable bonds is 4. The number of aromatic nitrogens is 1. The van der Waals surface area contributed by atoms with Gasteiger partial charge >= 0.3 is 0 Å². The van der Waals surface area contributed by atoms with Gasteiger partial charge in [0.05, 0.1) is 17.1 Å². The van der Waals surface area contributed by atoms with Gasteiger partial charge in [-0.3, -0.25) is 14.9 Å². The largest absolute Gasteiger partial charge is 0.396 e. The van der Waals surface area contributed by atoms with E-state index in [1.54, 1.807) is 12.3 Å². The number of amides is 1. The van der Waals surface area contributed by atoms with Crippen molar-refractivity contribution in [1.29, 1.82) is 0 Å². The number of benzene rings is 1. The van der Waals surface area contributed by atoms with E-state index in [-0.39, 0.29) is 29.7 Å². The van der Waals surface area contributed by atoms with Gasteiger partial charge in [0.1, 0.15) is 0 Å². The summed E-state index contributed by atoms with van der Waals surface area (Å²) in [6, 6.07) is 4.31. The zero-order valence-electron chi connectivity index (χ0n) is 12.8. The molecule has 1 aliphatic carbocycles. The summed E-state index contributed by atoms with van der Waals surface area (Å²) < 4.78 is 0. The van der Waals surface area contributed by atoms with Crippen LogP contribution in [0.2, 0.25) is 0 Å². The van der Waals surface area contributed by atoms with E-state index in [9.17, 15) is 20.0 Å². The van der Waals surface area contributed by atoms with Crippen LogP contribution in [0.3, 0.4) is 0 Å². The van der Waals surface area contributed by atoms with Crippen molar-refractivity contribution >= 4 is 22.5 Å². The van der Waals surface area contributed by atoms with Crippen LogP contribution >= 0.6 is 0 Å². The first-order chi connectivity index (χ1) is 10.9. The third-order valence-electron chi connectivity index (χ3n) is 4.87. The number of nitro benzene ring substituents is 1. The molecule has 1 amide bonds. The molecule has 1 aromatic heterocycles. The molecule has 1 fully saturated rings. The number of nitrogens with zero attached hydrogens (tertiary/aromatic N) is 1. The van der Waals surface area contributed by atoms with Crippen LogP contribution < -0.4 is 5.32 Å². The number of non-ortho nitro benzene ring substituents is 1. The first-order valence-corrected chi connectivity index (χ1v) is 7.62. The molecule has 0 aliphatic heterocycles. The Balaban J connectivity index is 1.89. The van der Waals surface area contributed by atoms with E-state index in [2.05, 4.69) is 10.3 Å². The van der Waals surface area contributed by atoms with E-state index in [0.29, 0.717) is 16.5 Å². The topological polar surface area (TPSA) is 108 Å². The second-order valence-electron chi connectivity index (χ2n) is 6.42. The Morgan fingerprint density at radius 3 is 3.04 bits per heavy atom. The first kappa shape index (κ1) is 15.5. The van der Waals surface area contributed by atoms with Gasteiger partial charge in [-0.25, -0.2) is 0 Å². The molecule has 0 spiro atoms. The number of hydrogen-bond donors (Lipinski definition) is 3. The van der Waals surface area contributed by atoms with Crippen LogP contribution in [-0.2, 0) is 0 Å². The summed E-state index contributed by atoms with van der Waals surface area (Å²) in [5.74, 6) is -0.275. The smallest absolute Gasteiger partial charge is 0.270 e. The molecule has 2 aromatic rings. The van der Waals surface area contributed by atoms with Gasteiger partial charge < -0.3 is 15.4 Å². The van der Waals surface area contributed by atoms with E-state index in [1.165, 1.54) is 12.1 Å². The summed E-state index contributed by atoms with van der Waals surface area (Å²) in [6.07, 6.45) is 4.22. The number of carbonyl (C=O) groups is 1. The number of aliphatic hydroxyl groups excluding tert-OH is 1. The summed E-state index contributed by atoms with van der Waals surface area (Å²) in [6.45, 7) is 1.99. The maximum atomic E-state index is 12.6. The summed E-state index contributed by atoms with van der Waals surface area (Å²) in [7, 11) is 0. The zero-order chi connectivity index (χ0) is 16.6. The van der Waals surface area contributed by atoms with Crippen LogP contribution in [0.15, 0.2) is 24.4 Å². The van der Waals surface area contributed by atoms with Crippen molar-refractivity contribution in [3.8, 4) is 0 Å². The monoisotopic (exact) mass is 317 g/mol. The maximum Gasteiger partial charge on any atom is 0.270 e. The average molecular weight is 317 g/mol. The molecule has 1 aliphatic rings. The first-order valence-electron chi connectivity index (χ1n) is 7.62. The Morgan fingerprint density at radius 2 is 2.35 bits per heavy atom. The summed E-state index contributed by atoms with van der Waals surface area (Å²) in [5, 5.41) is 24.0. The van der Waals surface area contributed by atoms with Crippen molar-refractivity contribution in [3.05, 3.63) is 40.1 Å². The molecular weight excluding hydrogens is 298 g/mol. The van der Waals surface area contributed by atoms with Crippen molar-refractivity contribution in [2.75, 3.05) is 6.61 Å². The molecule has 122 valence electrons. The van der Waals surface area contributed by atoms with Gasteiger partial charge in [0.2, 0.25) is 0 Å². The van der Waals surface area contributed by atoms with E-state index in [1.807, 2.05) is 6.92 Å². The second kappa shape index (κ2) is 5.66. The average Bonchev–Trinajstić information content (AvgIpc) is 3.11. The molecule has 2 unspecified atom stereocenters. The predicted molar refractivity (Wildman–Crippen MR) is 85.3 cm³/mol. The number of hydrogen-bond acceptors (Lipinski definition) is 4. The van der Waals surface area contributed by atoms with Crippen LogP contribution in [0.25, 0.3) is 10.9 Å².